The Morgan fingerprint density at radius 2 is 1.90 bits per heavy atom. The van der Waals surface area contributed by atoms with E-state index in [1.165, 1.54) is 0 Å². The van der Waals surface area contributed by atoms with Crippen molar-refractivity contribution in [1.29, 1.82) is 0 Å². The van der Waals surface area contributed by atoms with Gasteiger partial charge in [-0.15, -0.1) is 0 Å². The van der Waals surface area contributed by atoms with Gasteiger partial charge in [-0.1, -0.05) is 48.3 Å². The lowest BCUT2D eigenvalue weighted by Crippen LogP contribution is -2.40. The molecule has 1 aromatic rings. The normalized spacial score (nSPS) is 15.6. The number of halogens is 3. The van der Waals surface area contributed by atoms with Crippen molar-refractivity contribution < 1.29 is 8.82 Å². The number of fused-ring (bicyclic) bond motifs is 1. The molecular formula is C15H19BrClFOSi. The van der Waals surface area contributed by atoms with Gasteiger partial charge in [0.25, 0.3) is 8.32 Å². The molecule has 0 saturated carbocycles. The van der Waals surface area contributed by atoms with Crippen molar-refractivity contribution in [2.24, 2.45) is 0 Å². The first kappa shape index (κ1) is 16.1. The van der Waals surface area contributed by atoms with E-state index in [0.717, 1.165) is 10.0 Å². The fraction of sp³-hybridized carbons (Fsp3) is 0.467. The summed E-state index contributed by atoms with van der Waals surface area (Å²) in [7, 11) is -2.09. The van der Waals surface area contributed by atoms with E-state index in [0.29, 0.717) is 16.3 Å². The van der Waals surface area contributed by atoms with Gasteiger partial charge in [0.05, 0.1) is 5.02 Å². The summed E-state index contributed by atoms with van der Waals surface area (Å²) in [5.41, 5.74) is 1.59. The van der Waals surface area contributed by atoms with Crippen molar-refractivity contribution in [2.75, 3.05) is 0 Å². The molecule has 0 spiro atoms. The largest absolute Gasteiger partial charge is 0.541 e. The van der Waals surface area contributed by atoms with Crippen molar-refractivity contribution in [3.05, 3.63) is 38.6 Å². The third-order valence-electron chi connectivity index (χ3n) is 4.17. The highest BCUT2D eigenvalue weighted by atomic mass is 79.9. The molecule has 0 atom stereocenters. The van der Waals surface area contributed by atoms with Crippen LogP contribution >= 0.6 is 27.5 Å². The molecular weight excluding hydrogens is 359 g/mol. The Balaban J connectivity index is 2.47. The molecule has 0 heterocycles. The summed E-state index contributed by atoms with van der Waals surface area (Å²) in [6.45, 7) is 10.6. The first-order chi connectivity index (χ1) is 9.04. The molecule has 1 nitrogen and oxygen atoms in total. The summed E-state index contributed by atoms with van der Waals surface area (Å²) in [5.74, 6) is 0.122. The Bertz CT molecular complexity index is 590. The molecule has 0 N–H and O–H groups in total. The first-order valence-electron chi connectivity index (χ1n) is 6.59. The molecule has 1 aliphatic rings. The SMILES string of the molecule is CC(C)(C)[Si](C)(C)OC1=C(F)Cc2c(Br)ccc(Cl)c21. The van der Waals surface area contributed by atoms with E-state index in [2.05, 4.69) is 49.8 Å². The highest BCUT2D eigenvalue weighted by molar-refractivity contribution is 9.10. The summed E-state index contributed by atoms with van der Waals surface area (Å²) in [6.07, 6.45) is 0.250. The number of hydrogen-bond acceptors (Lipinski definition) is 1. The third kappa shape index (κ3) is 2.70. The van der Waals surface area contributed by atoms with E-state index in [9.17, 15) is 4.39 Å². The van der Waals surface area contributed by atoms with E-state index in [4.69, 9.17) is 16.0 Å². The van der Waals surface area contributed by atoms with Crippen molar-refractivity contribution in [2.45, 2.75) is 45.3 Å². The van der Waals surface area contributed by atoms with Gasteiger partial charge in [-0.3, -0.25) is 0 Å². The van der Waals surface area contributed by atoms with Gasteiger partial charge in [-0.2, -0.15) is 0 Å². The molecule has 0 aliphatic heterocycles. The first-order valence-corrected chi connectivity index (χ1v) is 10.7. The van der Waals surface area contributed by atoms with Crippen LogP contribution in [0.15, 0.2) is 22.4 Å². The highest BCUT2D eigenvalue weighted by Crippen LogP contribution is 2.46. The minimum Gasteiger partial charge on any atom is -0.541 e. The molecule has 5 heteroatoms. The van der Waals surface area contributed by atoms with Crippen LogP contribution in [0.1, 0.15) is 31.9 Å². The van der Waals surface area contributed by atoms with Gasteiger partial charge >= 0.3 is 0 Å². The second-order valence-corrected chi connectivity index (χ2v) is 12.6. The van der Waals surface area contributed by atoms with E-state index in [-0.39, 0.29) is 17.3 Å². The Labute approximate surface area is 134 Å². The van der Waals surface area contributed by atoms with Gasteiger partial charge in [0.2, 0.25) is 0 Å². The van der Waals surface area contributed by atoms with E-state index >= 15 is 0 Å². The Hall–Kier alpha value is -0.323. The maximum Gasteiger partial charge on any atom is 0.250 e. The number of rotatable bonds is 2. The Morgan fingerprint density at radius 1 is 1.30 bits per heavy atom. The van der Waals surface area contributed by atoms with Crippen LogP contribution in [-0.2, 0) is 10.8 Å². The van der Waals surface area contributed by atoms with Crippen LogP contribution in [0, 0.1) is 0 Å². The minimum atomic E-state index is -2.09. The maximum absolute atomic E-state index is 14.4. The second kappa shape index (κ2) is 5.15. The molecule has 1 aromatic carbocycles. The number of allylic oxidation sites excluding steroid dienone is 1. The highest BCUT2D eigenvalue weighted by Gasteiger charge is 2.42. The van der Waals surface area contributed by atoms with E-state index in [1.54, 1.807) is 6.07 Å². The molecule has 0 radical (unpaired) electrons. The zero-order valence-corrected chi connectivity index (χ0v) is 15.7. The fourth-order valence-electron chi connectivity index (χ4n) is 1.90. The van der Waals surface area contributed by atoms with Crippen LogP contribution in [0.5, 0.6) is 0 Å². The van der Waals surface area contributed by atoms with Crippen LogP contribution in [0.2, 0.25) is 23.2 Å². The molecule has 2 rings (SSSR count). The van der Waals surface area contributed by atoms with Crippen molar-refractivity contribution in [3.8, 4) is 0 Å². The monoisotopic (exact) mass is 376 g/mol. The van der Waals surface area contributed by atoms with Gasteiger partial charge in [0.1, 0.15) is 11.6 Å². The van der Waals surface area contributed by atoms with Gasteiger partial charge in [0.15, 0.2) is 0 Å². The molecule has 0 unspecified atom stereocenters. The van der Waals surface area contributed by atoms with Gasteiger partial charge < -0.3 is 4.43 Å². The molecule has 0 aromatic heterocycles. The molecule has 0 fully saturated rings. The van der Waals surface area contributed by atoms with Gasteiger partial charge in [0, 0.05) is 16.5 Å². The topological polar surface area (TPSA) is 9.23 Å². The quantitative estimate of drug-likeness (QED) is 0.548. The van der Waals surface area contributed by atoms with Crippen LogP contribution in [-0.4, -0.2) is 8.32 Å². The molecule has 0 amide bonds. The molecule has 110 valence electrons. The molecule has 1 aliphatic carbocycles. The smallest absolute Gasteiger partial charge is 0.250 e. The molecule has 0 bridgehead atoms. The van der Waals surface area contributed by atoms with Gasteiger partial charge in [-0.05, 0) is 35.8 Å². The summed E-state index contributed by atoms with van der Waals surface area (Å²) in [5, 5.41) is 0.561. The Kier molecular flexibility index (Phi) is 4.13. The summed E-state index contributed by atoms with van der Waals surface area (Å²) < 4.78 is 21.4. The predicted molar refractivity (Wildman–Crippen MR) is 89.2 cm³/mol. The summed E-state index contributed by atoms with van der Waals surface area (Å²) in [6, 6.07) is 3.63. The van der Waals surface area contributed by atoms with E-state index < -0.39 is 8.32 Å². The zero-order chi connectivity index (χ0) is 15.3. The van der Waals surface area contributed by atoms with Crippen LogP contribution < -0.4 is 0 Å². The lowest BCUT2D eigenvalue weighted by atomic mass is 10.1. The van der Waals surface area contributed by atoms with Crippen molar-refractivity contribution in [1.82, 2.24) is 0 Å². The van der Waals surface area contributed by atoms with Crippen LogP contribution in [0.4, 0.5) is 4.39 Å². The second-order valence-electron chi connectivity index (χ2n) is 6.66. The minimum absolute atomic E-state index is 0.0154. The summed E-state index contributed by atoms with van der Waals surface area (Å²) >= 11 is 9.72. The number of benzene rings is 1. The zero-order valence-electron chi connectivity index (χ0n) is 12.4. The van der Waals surface area contributed by atoms with Crippen molar-refractivity contribution >= 4 is 41.6 Å². The lowest BCUT2D eigenvalue weighted by molar-refractivity contribution is 0.442. The molecule has 0 saturated heterocycles. The molecule has 20 heavy (non-hydrogen) atoms. The Morgan fingerprint density at radius 3 is 2.45 bits per heavy atom. The third-order valence-corrected chi connectivity index (χ3v) is 9.56. The van der Waals surface area contributed by atoms with Gasteiger partial charge in [-0.25, -0.2) is 4.39 Å². The summed E-state index contributed by atoms with van der Waals surface area (Å²) in [4.78, 5) is 0. The standard InChI is InChI=1S/C15H19BrClFOSi/c1-15(2,3)20(4,5)19-14-12(18)8-9-10(16)6-7-11(17)13(9)14/h6-7H,8H2,1-5H3. The average Bonchev–Trinajstić information content (AvgIpc) is 2.61. The number of hydrogen-bond donors (Lipinski definition) is 0. The van der Waals surface area contributed by atoms with Crippen LogP contribution in [0.25, 0.3) is 5.76 Å². The lowest BCUT2D eigenvalue weighted by Gasteiger charge is -2.37. The predicted octanol–water partition coefficient (Wildman–Crippen LogP) is 6.32. The average molecular weight is 378 g/mol. The fourth-order valence-corrected chi connectivity index (χ4v) is 3.66. The van der Waals surface area contributed by atoms with Crippen molar-refractivity contribution in [3.63, 3.8) is 0 Å². The van der Waals surface area contributed by atoms with Crippen LogP contribution in [0.3, 0.4) is 0 Å². The van der Waals surface area contributed by atoms with E-state index in [1.807, 2.05) is 6.07 Å². The maximum atomic E-state index is 14.4.